The summed E-state index contributed by atoms with van der Waals surface area (Å²) in [6.07, 6.45) is 1.11. The lowest BCUT2D eigenvalue weighted by Crippen LogP contribution is -2.31. The molecule has 1 aromatic carbocycles. The molecular formula is C14H23N. The van der Waals surface area contributed by atoms with Crippen LogP contribution in [-0.4, -0.2) is 12.6 Å². The zero-order chi connectivity index (χ0) is 11.4. The summed E-state index contributed by atoms with van der Waals surface area (Å²) in [5, 5.41) is 0. The minimum absolute atomic E-state index is 0.572. The van der Waals surface area contributed by atoms with Crippen LogP contribution in [0.4, 0.5) is 5.69 Å². The Hall–Kier alpha value is -0.980. The van der Waals surface area contributed by atoms with Crippen LogP contribution in [0.3, 0.4) is 0 Å². The fraction of sp³-hybridized carbons (Fsp3) is 0.571. The summed E-state index contributed by atoms with van der Waals surface area (Å²) >= 11 is 0. The molecule has 1 heteroatoms. The highest BCUT2D eigenvalue weighted by Crippen LogP contribution is 2.24. The molecule has 0 unspecified atom stereocenters. The number of benzene rings is 1. The first-order chi connectivity index (χ1) is 7.10. The maximum absolute atomic E-state index is 2.46. The van der Waals surface area contributed by atoms with E-state index in [4.69, 9.17) is 0 Å². The molecule has 0 atom stereocenters. The molecule has 1 nitrogen and oxygen atoms in total. The Morgan fingerprint density at radius 1 is 1.20 bits per heavy atom. The van der Waals surface area contributed by atoms with Crippen LogP contribution < -0.4 is 4.90 Å². The highest BCUT2D eigenvalue weighted by molar-refractivity contribution is 5.55. The van der Waals surface area contributed by atoms with Gasteiger partial charge in [0.05, 0.1) is 0 Å². The van der Waals surface area contributed by atoms with Gasteiger partial charge in [0, 0.05) is 18.3 Å². The van der Waals surface area contributed by atoms with Crippen LogP contribution in [0, 0.1) is 6.92 Å². The average Bonchev–Trinajstić information content (AvgIpc) is 2.20. The molecule has 0 saturated carbocycles. The van der Waals surface area contributed by atoms with Gasteiger partial charge in [-0.05, 0) is 45.7 Å². The van der Waals surface area contributed by atoms with Gasteiger partial charge < -0.3 is 4.90 Å². The summed E-state index contributed by atoms with van der Waals surface area (Å²) < 4.78 is 0. The lowest BCUT2D eigenvalue weighted by Gasteiger charge is -2.29. The van der Waals surface area contributed by atoms with Crippen molar-refractivity contribution in [2.75, 3.05) is 11.4 Å². The van der Waals surface area contributed by atoms with E-state index in [9.17, 15) is 0 Å². The van der Waals surface area contributed by atoms with Crippen LogP contribution in [0.2, 0.25) is 0 Å². The van der Waals surface area contributed by atoms with Crippen LogP contribution in [0.5, 0.6) is 0 Å². The Kier molecular flexibility index (Phi) is 4.19. The van der Waals surface area contributed by atoms with Crippen LogP contribution in [0.15, 0.2) is 18.2 Å². The number of nitrogens with zero attached hydrogens (tertiary/aromatic N) is 1. The molecule has 0 saturated heterocycles. The SMILES string of the molecule is CCc1cc(C)ccc1N(CC)C(C)C. The average molecular weight is 205 g/mol. The quantitative estimate of drug-likeness (QED) is 0.723. The highest BCUT2D eigenvalue weighted by Gasteiger charge is 2.11. The van der Waals surface area contributed by atoms with Crippen molar-refractivity contribution in [2.45, 2.75) is 47.1 Å². The third kappa shape index (κ3) is 2.74. The molecule has 0 fully saturated rings. The monoisotopic (exact) mass is 205 g/mol. The maximum atomic E-state index is 2.46. The normalized spacial score (nSPS) is 10.8. The van der Waals surface area contributed by atoms with Crippen LogP contribution in [-0.2, 0) is 6.42 Å². The van der Waals surface area contributed by atoms with E-state index in [0.717, 1.165) is 13.0 Å². The fourth-order valence-electron chi connectivity index (χ4n) is 2.09. The molecular weight excluding hydrogens is 182 g/mol. The lowest BCUT2D eigenvalue weighted by atomic mass is 10.1. The molecule has 0 heterocycles. The Bertz CT molecular complexity index is 315. The second-order valence-electron chi connectivity index (χ2n) is 4.37. The summed E-state index contributed by atoms with van der Waals surface area (Å²) in [6.45, 7) is 12.2. The van der Waals surface area contributed by atoms with Crippen molar-refractivity contribution in [1.29, 1.82) is 0 Å². The number of hydrogen-bond donors (Lipinski definition) is 0. The number of rotatable bonds is 4. The van der Waals surface area contributed by atoms with Gasteiger partial charge in [0.1, 0.15) is 0 Å². The van der Waals surface area contributed by atoms with E-state index in [1.807, 2.05) is 0 Å². The van der Waals surface area contributed by atoms with E-state index in [0.29, 0.717) is 6.04 Å². The predicted octanol–water partition coefficient (Wildman–Crippen LogP) is 3.79. The van der Waals surface area contributed by atoms with Gasteiger partial charge in [-0.25, -0.2) is 0 Å². The van der Waals surface area contributed by atoms with Gasteiger partial charge in [0.15, 0.2) is 0 Å². The topological polar surface area (TPSA) is 3.24 Å². The summed E-state index contributed by atoms with van der Waals surface area (Å²) in [5.74, 6) is 0. The molecule has 0 aliphatic heterocycles. The smallest absolute Gasteiger partial charge is 0.0401 e. The third-order valence-corrected chi connectivity index (χ3v) is 2.89. The van der Waals surface area contributed by atoms with Gasteiger partial charge in [-0.15, -0.1) is 0 Å². The zero-order valence-electron chi connectivity index (χ0n) is 10.7. The Morgan fingerprint density at radius 3 is 2.33 bits per heavy atom. The third-order valence-electron chi connectivity index (χ3n) is 2.89. The van der Waals surface area contributed by atoms with E-state index >= 15 is 0 Å². The summed E-state index contributed by atoms with van der Waals surface area (Å²) in [5.41, 5.74) is 4.22. The van der Waals surface area contributed by atoms with Crippen molar-refractivity contribution in [1.82, 2.24) is 0 Å². The molecule has 0 spiro atoms. The van der Waals surface area contributed by atoms with Gasteiger partial charge in [-0.3, -0.25) is 0 Å². The molecule has 0 N–H and O–H groups in total. The van der Waals surface area contributed by atoms with Gasteiger partial charge in [-0.2, -0.15) is 0 Å². The van der Waals surface area contributed by atoms with Crippen molar-refractivity contribution in [3.8, 4) is 0 Å². The lowest BCUT2D eigenvalue weighted by molar-refractivity contribution is 0.700. The van der Waals surface area contributed by atoms with Gasteiger partial charge in [0.25, 0.3) is 0 Å². The molecule has 15 heavy (non-hydrogen) atoms. The van der Waals surface area contributed by atoms with Crippen molar-refractivity contribution in [3.05, 3.63) is 29.3 Å². The van der Waals surface area contributed by atoms with Crippen molar-refractivity contribution in [2.24, 2.45) is 0 Å². The zero-order valence-corrected chi connectivity index (χ0v) is 10.7. The molecule has 0 amide bonds. The standard InChI is InChI=1S/C14H23N/c1-6-13-10-12(5)8-9-14(13)15(7-2)11(3)4/h8-11H,6-7H2,1-5H3. The maximum Gasteiger partial charge on any atom is 0.0401 e. The minimum Gasteiger partial charge on any atom is -0.369 e. The van der Waals surface area contributed by atoms with Gasteiger partial charge in [-0.1, -0.05) is 24.6 Å². The first kappa shape index (κ1) is 12.1. The van der Waals surface area contributed by atoms with E-state index in [-0.39, 0.29) is 0 Å². The number of anilines is 1. The van der Waals surface area contributed by atoms with E-state index in [2.05, 4.69) is 57.7 Å². The van der Waals surface area contributed by atoms with Crippen molar-refractivity contribution < 1.29 is 0 Å². The van der Waals surface area contributed by atoms with Crippen LogP contribution in [0.1, 0.15) is 38.8 Å². The largest absolute Gasteiger partial charge is 0.369 e. The van der Waals surface area contributed by atoms with E-state index in [1.165, 1.54) is 16.8 Å². The first-order valence-corrected chi connectivity index (χ1v) is 5.96. The summed E-state index contributed by atoms with van der Waals surface area (Å²) in [6, 6.07) is 7.35. The second kappa shape index (κ2) is 5.20. The fourth-order valence-corrected chi connectivity index (χ4v) is 2.09. The summed E-state index contributed by atoms with van der Waals surface area (Å²) in [4.78, 5) is 2.46. The molecule has 0 radical (unpaired) electrons. The number of hydrogen-bond acceptors (Lipinski definition) is 1. The van der Waals surface area contributed by atoms with Crippen LogP contribution >= 0.6 is 0 Å². The van der Waals surface area contributed by atoms with Gasteiger partial charge >= 0.3 is 0 Å². The van der Waals surface area contributed by atoms with Crippen LogP contribution in [0.25, 0.3) is 0 Å². The molecule has 0 aliphatic carbocycles. The van der Waals surface area contributed by atoms with Crippen molar-refractivity contribution >= 4 is 5.69 Å². The van der Waals surface area contributed by atoms with Crippen molar-refractivity contribution in [3.63, 3.8) is 0 Å². The highest BCUT2D eigenvalue weighted by atomic mass is 15.1. The second-order valence-corrected chi connectivity index (χ2v) is 4.37. The molecule has 1 aromatic rings. The minimum atomic E-state index is 0.572. The summed E-state index contributed by atoms with van der Waals surface area (Å²) in [7, 11) is 0. The molecule has 1 rings (SSSR count). The molecule has 0 aromatic heterocycles. The Labute approximate surface area is 94.1 Å². The Morgan fingerprint density at radius 2 is 1.87 bits per heavy atom. The molecule has 84 valence electrons. The van der Waals surface area contributed by atoms with Gasteiger partial charge in [0.2, 0.25) is 0 Å². The first-order valence-electron chi connectivity index (χ1n) is 5.96. The van der Waals surface area contributed by atoms with E-state index in [1.54, 1.807) is 0 Å². The molecule has 0 aliphatic rings. The number of aryl methyl sites for hydroxylation is 2. The Balaban J connectivity index is 3.11. The predicted molar refractivity (Wildman–Crippen MR) is 68.7 cm³/mol. The molecule has 0 bridgehead atoms. The van der Waals surface area contributed by atoms with E-state index < -0.39 is 0 Å².